The van der Waals surface area contributed by atoms with Crippen LogP contribution in [0.3, 0.4) is 0 Å². The number of hydrogen-bond acceptors (Lipinski definition) is 3. The fraction of sp³-hybridized carbons (Fsp3) is 0.500. The predicted molar refractivity (Wildman–Crippen MR) is 79.1 cm³/mol. The zero-order valence-corrected chi connectivity index (χ0v) is 13.2. The van der Waals surface area contributed by atoms with Gasteiger partial charge in [0.05, 0.1) is 4.90 Å². The third kappa shape index (κ3) is 4.61. The molecule has 1 aromatic carbocycles. The maximum absolute atomic E-state index is 12.2. The summed E-state index contributed by atoms with van der Waals surface area (Å²) in [5.74, 6) is 0.0890. The standard InChI is InChI=1S/C14H22N2O3S/c1-10(2)13-6-5-11(3)14(9-13)20(18,19)16-8-7-15-12(4)17/h5-6,9-10,16H,7-8H2,1-4H3,(H,15,17). The minimum atomic E-state index is -3.55. The maximum Gasteiger partial charge on any atom is 0.240 e. The summed E-state index contributed by atoms with van der Waals surface area (Å²) in [6.07, 6.45) is 0. The highest BCUT2D eigenvalue weighted by Crippen LogP contribution is 2.21. The SMILES string of the molecule is CC(=O)NCCNS(=O)(=O)c1cc(C(C)C)ccc1C. The second-order valence-corrected chi connectivity index (χ2v) is 6.80. The quantitative estimate of drug-likeness (QED) is 0.782. The second-order valence-electron chi connectivity index (χ2n) is 5.06. The molecule has 0 aromatic heterocycles. The average molecular weight is 298 g/mol. The molecule has 1 aromatic rings. The van der Waals surface area contributed by atoms with Gasteiger partial charge in [-0.3, -0.25) is 4.79 Å². The fourth-order valence-electron chi connectivity index (χ4n) is 1.77. The first kappa shape index (κ1) is 16.7. The van der Waals surface area contributed by atoms with Crippen LogP contribution >= 0.6 is 0 Å². The lowest BCUT2D eigenvalue weighted by atomic mass is 10.0. The van der Waals surface area contributed by atoms with Crippen molar-refractivity contribution in [2.45, 2.75) is 38.5 Å². The normalized spacial score (nSPS) is 11.7. The molecule has 0 radical (unpaired) electrons. The van der Waals surface area contributed by atoms with E-state index >= 15 is 0 Å². The van der Waals surface area contributed by atoms with Crippen molar-refractivity contribution in [2.75, 3.05) is 13.1 Å². The lowest BCUT2D eigenvalue weighted by Crippen LogP contribution is -2.34. The number of sulfonamides is 1. The van der Waals surface area contributed by atoms with Gasteiger partial charge in [0.1, 0.15) is 0 Å². The number of hydrogen-bond donors (Lipinski definition) is 2. The Morgan fingerprint density at radius 3 is 2.45 bits per heavy atom. The first-order valence-electron chi connectivity index (χ1n) is 6.58. The Labute approximate surface area is 120 Å². The Morgan fingerprint density at radius 2 is 1.90 bits per heavy atom. The van der Waals surface area contributed by atoms with Gasteiger partial charge >= 0.3 is 0 Å². The zero-order valence-electron chi connectivity index (χ0n) is 12.4. The van der Waals surface area contributed by atoms with Crippen LogP contribution in [0.1, 0.15) is 37.8 Å². The topological polar surface area (TPSA) is 75.3 Å². The molecule has 0 atom stereocenters. The lowest BCUT2D eigenvalue weighted by Gasteiger charge is -2.13. The third-order valence-electron chi connectivity index (χ3n) is 2.96. The van der Waals surface area contributed by atoms with E-state index in [2.05, 4.69) is 10.0 Å². The minimum absolute atomic E-state index is 0.174. The van der Waals surface area contributed by atoms with Crippen molar-refractivity contribution >= 4 is 15.9 Å². The molecule has 1 rings (SSSR count). The predicted octanol–water partition coefficient (Wildman–Crippen LogP) is 1.53. The van der Waals surface area contributed by atoms with Crippen molar-refractivity contribution in [3.8, 4) is 0 Å². The maximum atomic E-state index is 12.2. The van der Waals surface area contributed by atoms with Crippen molar-refractivity contribution in [1.29, 1.82) is 0 Å². The molecule has 2 N–H and O–H groups in total. The highest BCUT2D eigenvalue weighted by Gasteiger charge is 2.17. The minimum Gasteiger partial charge on any atom is -0.355 e. The molecule has 6 heteroatoms. The van der Waals surface area contributed by atoms with Crippen molar-refractivity contribution in [3.63, 3.8) is 0 Å². The van der Waals surface area contributed by atoms with Crippen LogP contribution < -0.4 is 10.0 Å². The molecule has 0 saturated carbocycles. The molecular weight excluding hydrogens is 276 g/mol. The molecule has 0 spiro atoms. The van der Waals surface area contributed by atoms with Crippen molar-refractivity contribution in [3.05, 3.63) is 29.3 Å². The molecule has 0 unspecified atom stereocenters. The van der Waals surface area contributed by atoms with E-state index in [0.29, 0.717) is 10.5 Å². The fourth-order valence-corrected chi connectivity index (χ4v) is 3.08. The second kappa shape index (κ2) is 6.85. The van der Waals surface area contributed by atoms with Crippen molar-refractivity contribution in [2.24, 2.45) is 0 Å². The van der Waals surface area contributed by atoms with Gasteiger partial charge in [-0.05, 0) is 30.0 Å². The van der Waals surface area contributed by atoms with Crippen LogP contribution in [0.2, 0.25) is 0 Å². The summed E-state index contributed by atoms with van der Waals surface area (Å²) in [5, 5.41) is 2.55. The number of benzene rings is 1. The van der Waals surface area contributed by atoms with Crippen LogP contribution in [0.15, 0.2) is 23.1 Å². The Hall–Kier alpha value is -1.40. The van der Waals surface area contributed by atoms with E-state index in [-0.39, 0.29) is 24.9 Å². The van der Waals surface area contributed by atoms with Gasteiger partial charge in [0.25, 0.3) is 0 Å². The Morgan fingerprint density at radius 1 is 1.25 bits per heavy atom. The molecule has 5 nitrogen and oxygen atoms in total. The smallest absolute Gasteiger partial charge is 0.240 e. The summed E-state index contributed by atoms with van der Waals surface area (Å²) >= 11 is 0. The molecule has 20 heavy (non-hydrogen) atoms. The Kier molecular flexibility index (Phi) is 5.71. The number of nitrogens with one attached hydrogen (secondary N) is 2. The Balaban J connectivity index is 2.86. The van der Waals surface area contributed by atoms with Crippen LogP contribution in [0, 0.1) is 6.92 Å². The van der Waals surface area contributed by atoms with E-state index in [1.807, 2.05) is 26.0 Å². The number of aryl methyl sites for hydroxylation is 1. The molecule has 0 aliphatic carbocycles. The lowest BCUT2D eigenvalue weighted by molar-refractivity contribution is -0.118. The monoisotopic (exact) mass is 298 g/mol. The van der Waals surface area contributed by atoms with Crippen LogP contribution in [0.5, 0.6) is 0 Å². The molecule has 0 fully saturated rings. The van der Waals surface area contributed by atoms with Gasteiger partial charge < -0.3 is 5.32 Å². The van der Waals surface area contributed by atoms with E-state index in [1.54, 1.807) is 13.0 Å². The molecule has 0 aliphatic heterocycles. The highest BCUT2D eigenvalue weighted by atomic mass is 32.2. The summed E-state index contributed by atoms with van der Waals surface area (Å²) in [6, 6.07) is 5.47. The van der Waals surface area contributed by atoms with Gasteiger partial charge in [0.15, 0.2) is 0 Å². The van der Waals surface area contributed by atoms with E-state index in [0.717, 1.165) is 5.56 Å². The summed E-state index contributed by atoms with van der Waals surface area (Å²) in [6.45, 7) is 7.65. The molecule has 0 aliphatic rings. The summed E-state index contributed by atoms with van der Waals surface area (Å²) in [5.41, 5.74) is 1.69. The van der Waals surface area contributed by atoms with Gasteiger partial charge in [0, 0.05) is 20.0 Å². The van der Waals surface area contributed by atoms with Gasteiger partial charge in [-0.15, -0.1) is 0 Å². The number of carbonyl (C=O) groups is 1. The number of carbonyl (C=O) groups excluding carboxylic acids is 1. The van der Waals surface area contributed by atoms with E-state index < -0.39 is 10.0 Å². The van der Waals surface area contributed by atoms with Crippen LogP contribution in [-0.2, 0) is 14.8 Å². The zero-order chi connectivity index (χ0) is 15.3. The van der Waals surface area contributed by atoms with Gasteiger partial charge in [-0.25, -0.2) is 13.1 Å². The summed E-state index contributed by atoms with van der Waals surface area (Å²) in [4.78, 5) is 11.0. The molecule has 112 valence electrons. The van der Waals surface area contributed by atoms with Gasteiger partial charge in [-0.2, -0.15) is 0 Å². The highest BCUT2D eigenvalue weighted by molar-refractivity contribution is 7.89. The molecule has 1 amide bonds. The molecule has 0 bridgehead atoms. The van der Waals surface area contributed by atoms with Gasteiger partial charge in [-0.1, -0.05) is 26.0 Å². The average Bonchev–Trinajstić information content (AvgIpc) is 2.34. The molecule has 0 saturated heterocycles. The number of amides is 1. The first-order valence-corrected chi connectivity index (χ1v) is 8.07. The van der Waals surface area contributed by atoms with Crippen LogP contribution in [-0.4, -0.2) is 27.4 Å². The van der Waals surface area contributed by atoms with E-state index in [4.69, 9.17) is 0 Å². The first-order chi connectivity index (χ1) is 9.24. The summed E-state index contributed by atoms with van der Waals surface area (Å²) in [7, 11) is -3.55. The van der Waals surface area contributed by atoms with E-state index in [9.17, 15) is 13.2 Å². The van der Waals surface area contributed by atoms with Crippen molar-refractivity contribution < 1.29 is 13.2 Å². The third-order valence-corrected chi connectivity index (χ3v) is 4.56. The Bertz CT molecular complexity index is 580. The van der Waals surface area contributed by atoms with Crippen LogP contribution in [0.4, 0.5) is 0 Å². The molecular formula is C14H22N2O3S. The van der Waals surface area contributed by atoms with Crippen LogP contribution in [0.25, 0.3) is 0 Å². The molecule has 0 heterocycles. The largest absolute Gasteiger partial charge is 0.355 e. The van der Waals surface area contributed by atoms with E-state index in [1.165, 1.54) is 6.92 Å². The summed E-state index contributed by atoms with van der Waals surface area (Å²) < 4.78 is 27.0. The van der Waals surface area contributed by atoms with Crippen molar-refractivity contribution in [1.82, 2.24) is 10.0 Å². The number of rotatable bonds is 6. The van der Waals surface area contributed by atoms with Gasteiger partial charge in [0.2, 0.25) is 15.9 Å².